The first-order valence-electron chi connectivity index (χ1n) is 7.87. The maximum atomic E-state index is 12.1. The van der Waals surface area contributed by atoms with E-state index in [9.17, 15) is 4.79 Å². The molecule has 6 nitrogen and oxygen atoms in total. The molecule has 26 heavy (non-hydrogen) atoms. The Balaban J connectivity index is 1.63. The van der Waals surface area contributed by atoms with Crippen molar-refractivity contribution in [2.45, 2.75) is 26.4 Å². The van der Waals surface area contributed by atoms with Gasteiger partial charge in [-0.2, -0.15) is 10.2 Å². The van der Waals surface area contributed by atoms with E-state index in [-0.39, 0.29) is 5.91 Å². The van der Waals surface area contributed by atoms with Crippen LogP contribution < -0.4 is 5.32 Å². The number of hydrogen-bond donors (Lipinski definition) is 1. The third-order valence-corrected chi connectivity index (χ3v) is 4.91. The van der Waals surface area contributed by atoms with Gasteiger partial charge in [0.1, 0.15) is 0 Å². The molecule has 1 N–H and O–H groups in total. The van der Waals surface area contributed by atoms with Gasteiger partial charge in [-0.05, 0) is 35.0 Å². The second-order valence-electron chi connectivity index (χ2n) is 5.75. The first-order valence-corrected chi connectivity index (χ1v) is 9.42. The van der Waals surface area contributed by atoms with E-state index in [4.69, 9.17) is 23.2 Å². The highest BCUT2D eigenvalue weighted by molar-refractivity contribution is 9.10. The van der Waals surface area contributed by atoms with Crippen molar-refractivity contribution < 1.29 is 4.79 Å². The Morgan fingerprint density at radius 3 is 2.69 bits per heavy atom. The summed E-state index contributed by atoms with van der Waals surface area (Å²) in [4.78, 5) is 12.1. The monoisotopic (exact) mass is 455 g/mol. The van der Waals surface area contributed by atoms with Crippen molar-refractivity contribution in [2.75, 3.05) is 5.32 Å². The Morgan fingerprint density at radius 1 is 1.31 bits per heavy atom. The van der Waals surface area contributed by atoms with Crippen molar-refractivity contribution in [1.29, 1.82) is 0 Å². The maximum Gasteiger partial charge on any atom is 0.227 e. The lowest BCUT2D eigenvalue weighted by molar-refractivity contribution is -0.116. The van der Waals surface area contributed by atoms with E-state index in [1.54, 1.807) is 33.8 Å². The molecule has 2 aromatic heterocycles. The minimum Gasteiger partial charge on any atom is -0.309 e. The molecular weight excluding hydrogens is 441 g/mol. The van der Waals surface area contributed by atoms with Crippen LogP contribution in [-0.2, 0) is 17.9 Å². The normalized spacial score (nSPS) is 10.9. The van der Waals surface area contributed by atoms with Crippen molar-refractivity contribution in [3.63, 3.8) is 0 Å². The Morgan fingerprint density at radius 2 is 2.04 bits per heavy atom. The van der Waals surface area contributed by atoms with Crippen LogP contribution >= 0.6 is 39.1 Å². The zero-order valence-corrected chi connectivity index (χ0v) is 17.0. The largest absolute Gasteiger partial charge is 0.309 e. The number of benzene rings is 1. The van der Waals surface area contributed by atoms with Crippen molar-refractivity contribution in [2.24, 2.45) is 0 Å². The zero-order valence-electron chi connectivity index (χ0n) is 13.9. The maximum absolute atomic E-state index is 12.1. The van der Waals surface area contributed by atoms with Crippen LogP contribution in [0.5, 0.6) is 0 Å². The van der Waals surface area contributed by atoms with Crippen LogP contribution in [-0.4, -0.2) is 25.5 Å². The average molecular weight is 457 g/mol. The van der Waals surface area contributed by atoms with E-state index in [2.05, 4.69) is 31.4 Å². The van der Waals surface area contributed by atoms with E-state index in [0.717, 1.165) is 15.7 Å². The van der Waals surface area contributed by atoms with Gasteiger partial charge in [0.25, 0.3) is 0 Å². The Kier molecular flexibility index (Phi) is 6.01. The molecular formula is C17H16BrCl2N5O. The molecule has 0 unspecified atom stereocenters. The number of rotatable bonds is 6. The summed E-state index contributed by atoms with van der Waals surface area (Å²) in [6.07, 6.45) is 3.80. The fourth-order valence-corrected chi connectivity index (χ4v) is 3.29. The van der Waals surface area contributed by atoms with Crippen LogP contribution in [0.3, 0.4) is 0 Å². The van der Waals surface area contributed by atoms with Gasteiger partial charge in [-0.25, -0.2) is 0 Å². The molecule has 1 amide bonds. The van der Waals surface area contributed by atoms with Crippen molar-refractivity contribution >= 4 is 50.9 Å². The zero-order chi connectivity index (χ0) is 18.7. The van der Waals surface area contributed by atoms with Crippen LogP contribution in [0.15, 0.2) is 41.1 Å². The van der Waals surface area contributed by atoms with Gasteiger partial charge >= 0.3 is 0 Å². The summed E-state index contributed by atoms with van der Waals surface area (Å²) in [5.41, 5.74) is 1.69. The minimum atomic E-state index is -0.128. The number of carbonyl (C=O) groups excluding carboxylic acids is 1. The van der Waals surface area contributed by atoms with E-state index in [1.165, 1.54) is 0 Å². The SMILES string of the molecule is Cc1cc(NC(=O)CCn2cc(Br)cn2)nn1Cc1c(Cl)cccc1Cl. The summed E-state index contributed by atoms with van der Waals surface area (Å²) in [5.74, 6) is 0.370. The molecule has 0 aliphatic rings. The molecule has 0 radical (unpaired) electrons. The van der Waals surface area contributed by atoms with Crippen molar-refractivity contribution in [3.05, 3.63) is 62.4 Å². The van der Waals surface area contributed by atoms with Crippen molar-refractivity contribution in [1.82, 2.24) is 19.6 Å². The minimum absolute atomic E-state index is 0.128. The number of aromatic nitrogens is 4. The van der Waals surface area contributed by atoms with Crippen LogP contribution in [0.2, 0.25) is 10.0 Å². The average Bonchev–Trinajstić information content (AvgIpc) is 3.15. The molecule has 1 aromatic carbocycles. The standard InChI is InChI=1S/C17H16BrCl2N5O/c1-11-7-16(22-17(26)5-6-24-9-12(18)8-21-24)23-25(11)10-13-14(19)3-2-4-15(13)20/h2-4,7-9H,5-6,10H2,1H3,(H,22,23,26). The topological polar surface area (TPSA) is 64.7 Å². The molecule has 2 heterocycles. The summed E-state index contributed by atoms with van der Waals surface area (Å²) >= 11 is 15.8. The highest BCUT2D eigenvalue weighted by Gasteiger charge is 2.12. The van der Waals surface area contributed by atoms with Crippen LogP contribution in [0.4, 0.5) is 5.82 Å². The predicted octanol–water partition coefficient (Wildman–Crippen LogP) is 4.53. The van der Waals surface area contributed by atoms with Gasteiger partial charge in [-0.1, -0.05) is 29.3 Å². The Hall–Kier alpha value is -1.83. The highest BCUT2D eigenvalue weighted by atomic mass is 79.9. The summed E-state index contributed by atoms with van der Waals surface area (Å²) in [6, 6.07) is 7.19. The number of carbonyl (C=O) groups is 1. The van der Waals surface area contributed by atoms with Crippen LogP contribution in [0, 0.1) is 6.92 Å². The quantitative estimate of drug-likeness (QED) is 0.592. The molecule has 0 aliphatic carbocycles. The lowest BCUT2D eigenvalue weighted by Crippen LogP contribution is -2.15. The summed E-state index contributed by atoms with van der Waals surface area (Å²) < 4.78 is 4.34. The lowest BCUT2D eigenvalue weighted by atomic mass is 10.2. The highest BCUT2D eigenvalue weighted by Crippen LogP contribution is 2.25. The van der Waals surface area contributed by atoms with Gasteiger partial charge in [-0.15, -0.1) is 0 Å². The Labute approximate surface area is 169 Å². The number of nitrogens with zero attached hydrogens (tertiary/aromatic N) is 4. The van der Waals surface area contributed by atoms with Gasteiger partial charge in [0, 0.05) is 46.5 Å². The molecule has 0 saturated heterocycles. The Bertz CT molecular complexity index is 917. The number of anilines is 1. The number of aryl methyl sites for hydroxylation is 2. The molecule has 136 valence electrons. The third kappa shape index (κ3) is 4.66. The molecule has 9 heteroatoms. The first kappa shape index (κ1) is 18.9. The van der Waals surface area contributed by atoms with E-state index in [0.29, 0.717) is 35.4 Å². The molecule has 0 bridgehead atoms. The fourth-order valence-electron chi connectivity index (χ4n) is 2.45. The smallest absolute Gasteiger partial charge is 0.227 e. The first-order chi connectivity index (χ1) is 12.4. The summed E-state index contributed by atoms with van der Waals surface area (Å²) in [5, 5.41) is 12.5. The number of hydrogen-bond acceptors (Lipinski definition) is 3. The van der Waals surface area contributed by atoms with Gasteiger partial charge in [0.15, 0.2) is 5.82 Å². The molecule has 3 aromatic rings. The van der Waals surface area contributed by atoms with Crippen LogP contribution in [0.25, 0.3) is 0 Å². The molecule has 0 aliphatic heterocycles. The lowest BCUT2D eigenvalue weighted by Gasteiger charge is -2.08. The number of nitrogens with one attached hydrogen (secondary N) is 1. The van der Waals surface area contributed by atoms with Crippen LogP contribution in [0.1, 0.15) is 17.7 Å². The van der Waals surface area contributed by atoms with Gasteiger partial charge < -0.3 is 5.32 Å². The second-order valence-corrected chi connectivity index (χ2v) is 7.48. The number of halogens is 3. The molecule has 0 spiro atoms. The van der Waals surface area contributed by atoms with Gasteiger partial charge in [0.05, 0.1) is 17.2 Å². The fraction of sp³-hybridized carbons (Fsp3) is 0.235. The molecule has 3 rings (SSSR count). The van der Waals surface area contributed by atoms with E-state index >= 15 is 0 Å². The third-order valence-electron chi connectivity index (χ3n) is 3.79. The molecule has 0 fully saturated rings. The van der Waals surface area contributed by atoms with Gasteiger partial charge in [-0.3, -0.25) is 14.2 Å². The van der Waals surface area contributed by atoms with Crippen molar-refractivity contribution in [3.8, 4) is 0 Å². The molecule has 0 saturated carbocycles. The van der Waals surface area contributed by atoms with E-state index < -0.39 is 0 Å². The summed E-state index contributed by atoms with van der Waals surface area (Å²) in [7, 11) is 0. The van der Waals surface area contributed by atoms with E-state index in [1.807, 2.05) is 19.2 Å². The van der Waals surface area contributed by atoms with Gasteiger partial charge in [0.2, 0.25) is 5.91 Å². The predicted molar refractivity (Wildman–Crippen MR) is 106 cm³/mol. The number of amides is 1. The molecule has 0 atom stereocenters. The second kappa shape index (κ2) is 8.24. The summed E-state index contributed by atoms with van der Waals surface area (Å²) in [6.45, 7) is 2.84.